The number of aromatic nitrogens is 2. The van der Waals surface area contributed by atoms with E-state index in [1.807, 2.05) is 12.5 Å². The third-order valence-electron chi connectivity index (χ3n) is 1.84. The molecule has 1 rings (SSSR count). The molecule has 1 aromatic rings. The lowest BCUT2D eigenvalue weighted by Gasteiger charge is -2.14. The van der Waals surface area contributed by atoms with E-state index in [0.717, 1.165) is 6.42 Å². The van der Waals surface area contributed by atoms with Gasteiger partial charge in [0.15, 0.2) is 0 Å². The highest BCUT2D eigenvalue weighted by Crippen LogP contribution is 2.10. The number of imidazole rings is 1. The van der Waals surface area contributed by atoms with E-state index in [1.54, 1.807) is 6.20 Å². The molecule has 0 aliphatic heterocycles. The highest BCUT2D eigenvalue weighted by atomic mass is 15.1. The van der Waals surface area contributed by atoms with Crippen LogP contribution in [0.5, 0.6) is 0 Å². The summed E-state index contributed by atoms with van der Waals surface area (Å²) >= 11 is 0. The van der Waals surface area contributed by atoms with Gasteiger partial charge in [-0.3, -0.25) is 0 Å². The smallest absolute Gasteiger partial charge is 0.0948 e. The monoisotopic (exact) mass is 153 g/mol. The van der Waals surface area contributed by atoms with Gasteiger partial charge in [-0.1, -0.05) is 13.3 Å². The highest BCUT2D eigenvalue weighted by molar-refractivity contribution is 4.80. The van der Waals surface area contributed by atoms with E-state index in [-0.39, 0.29) is 0 Å². The molecule has 3 nitrogen and oxygen atoms in total. The molecule has 1 heterocycles. The van der Waals surface area contributed by atoms with E-state index in [4.69, 9.17) is 5.73 Å². The molecule has 11 heavy (non-hydrogen) atoms. The Bertz CT molecular complexity index is 181. The van der Waals surface area contributed by atoms with Crippen LogP contribution in [0, 0.1) is 0 Å². The molecule has 0 bridgehead atoms. The van der Waals surface area contributed by atoms with E-state index in [0.29, 0.717) is 12.6 Å². The Morgan fingerprint density at radius 1 is 1.64 bits per heavy atom. The lowest BCUT2D eigenvalue weighted by molar-refractivity contribution is 0.470. The van der Waals surface area contributed by atoms with Crippen LogP contribution in [0.1, 0.15) is 25.8 Å². The van der Waals surface area contributed by atoms with Crippen LogP contribution in [0.3, 0.4) is 0 Å². The van der Waals surface area contributed by atoms with Crippen molar-refractivity contribution in [3.63, 3.8) is 0 Å². The lowest BCUT2D eigenvalue weighted by atomic mass is 10.2. The Balaban J connectivity index is 2.56. The topological polar surface area (TPSA) is 43.8 Å². The number of nitrogens with zero attached hydrogens (tertiary/aromatic N) is 2. The predicted molar refractivity (Wildman–Crippen MR) is 45.2 cm³/mol. The number of hydrogen-bond acceptors (Lipinski definition) is 2. The first-order chi connectivity index (χ1) is 5.38. The third-order valence-corrected chi connectivity index (χ3v) is 1.84. The predicted octanol–water partition coefficient (Wildman–Crippen LogP) is 1.18. The number of hydrogen-bond donors (Lipinski definition) is 1. The second-order valence-electron chi connectivity index (χ2n) is 2.69. The minimum absolute atomic E-state index is 0.433. The zero-order valence-corrected chi connectivity index (χ0v) is 6.90. The SMILES string of the molecule is CCCC(CN)n1ccnc1. The minimum atomic E-state index is 0.433. The molecule has 62 valence electrons. The molecular formula is C8H15N3. The molecule has 0 aliphatic carbocycles. The van der Waals surface area contributed by atoms with Gasteiger partial charge in [0, 0.05) is 25.0 Å². The summed E-state index contributed by atoms with van der Waals surface area (Å²) < 4.78 is 2.07. The van der Waals surface area contributed by atoms with Crippen LogP contribution in [-0.4, -0.2) is 16.1 Å². The number of nitrogens with two attached hydrogens (primary N) is 1. The summed E-state index contributed by atoms with van der Waals surface area (Å²) in [6.45, 7) is 2.86. The van der Waals surface area contributed by atoms with Crippen molar-refractivity contribution in [2.75, 3.05) is 6.54 Å². The molecule has 0 spiro atoms. The van der Waals surface area contributed by atoms with Gasteiger partial charge < -0.3 is 10.3 Å². The first-order valence-corrected chi connectivity index (χ1v) is 4.06. The van der Waals surface area contributed by atoms with Crippen LogP contribution in [0.2, 0.25) is 0 Å². The molecule has 0 saturated heterocycles. The van der Waals surface area contributed by atoms with Crippen LogP contribution in [0.4, 0.5) is 0 Å². The van der Waals surface area contributed by atoms with Crippen LogP contribution in [-0.2, 0) is 0 Å². The zero-order chi connectivity index (χ0) is 8.10. The first-order valence-electron chi connectivity index (χ1n) is 4.06. The van der Waals surface area contributed by atoms with Gasteiger partial charge in [0.1, 0.15) is 0 Å². The van der Waals surface area contributed by atoms with Crippen LogP contribution >= 0.6 is 0 Å². The van der Waals surface area contributed by atoms with E-state index in [2.05, 4.69) is 16.5 Å². The molecule has 3 heteroatoms. The second kappa shape index (κ2) is 4.13. The third kappa shape index (κ3) is 2.05. The maximum Gasteiger partial charge on any atom is 0.0948 e. The van der Waals surface area contributed by atoms with Crippen molar-refractivity contribution in [3.05, 3.63) is 18.7 Å². The summed E-state index contributed by atoms with van der Waals surface area (Å²) in [4.78, 5) is 3.98. The van der Waals surface area contributed by atoms with Gasteiger partial charge in [0.2, 0.25) is 0 Å². The fourth-order valence-corrected chi connectivity index (χ4v) is 1.21. The van der Waals surface area contributed by atoms with Crippen LogP contribution in [0.25, 0.3) is 0 Å². The Kier molecular flexibility index (Phi) is 3.11. The van der Waals surface area contributed by atoms with E-state index in [1.165, 1.54) is 6.42 Å². The van der Waals surface area contributed by atoms with E-state index < -0.39 is 0 Å². The van der Waals surface area contributed by atoms with Crippen molar-refractivity contribution >= 4 is 0 Å². The summed E-state index contributed by atoms with van der Waals surface area (Å²) in [5, 5.41) is 0. The quantitative estimate of drug-likeness (QED) is 0.706. The average molecular weight is 153 g/mol. The van der Waals surface area contributed by atoms with Gasteiger partial charge in [-0.25, -0.2) is 4.98 Å². The van der Waals surface area contributed by atoms with Crippen LogP contribution < -0.4 is 5.73 Å². The largest absolute Gasteiger partial charge is 0.333 e. The summed E-state index contributed by atoms with van der Waals surface area (Å²) in [5.41, 5.74) is 5.60. The maximum atomic E-state index is 5.60. The molecule has 0 saturated carbocycles. The molecule has 0 aromatic carbocycles. The molecule has 1 unspecified atom stereocenters. The fourth-order valence-electron chi connectivity index (χ4n) is 1.21. The second-order valence-corrected chi connectivity index (χ2v) is 2.69. The summed E-state index contributed by atoms with van der Waals surface area (Å²) in [6, 6.07) is 0.433. The summed E-state index contributed by atoms with van der Waals surface area (Å²) in [5.74, 6) is 0. The lowest BCUT2D eigenvalue weighted by Crippen LogP contribution is -2.17. The van der Waals surface area contributed by atoms with Crippen molar-refractivity contribution in [1.29, 1.82) is 0 Å². The fraction of sp³-hybridized carbons (Fsp3) is 0.625. The van der Waals surface area contributed by atoms with Gasteiger partial charge in [-0.15, -0.1) is 0 Å². The molecule has 0 amide bonds. The van der Waals surface area contributed by atoms with Gasteiger partial charge in [-0.05, 0) is 6.42 Å². The molecule has 1 aromatic heterocycles. The Morgan fingerprint density at radius 3 is 2.91 bits per heavy atom. The van der Waals surface area contributed by atoms with Crippen molar-refractivity contribution in [2.24, 2.45) is 5.73 Å². The van der Waals surface area contributed by atoms with Crippen molar-refractivity contribution in [3.8, 4) is 0 Å². The van der Waals surface area contributed by atoms with Gasteiger partial charge in [0.05, 0.1) is 6.33 Å². The highest BCUT2D eigenvalue weighted by Gasteiger charge is 2.05. The van der Waals surface area contributed by atoms with Crippen LogP contribution in [0.15, 0.2) is 18.7 Å². The summed E-state index contributed by atoms with van der Waals surface area (Å²) in [7, 11) is 0. The first kappa shape index (κ1) is 8.27. The summed E-state index contributed by atoms with van der Waals surface area (Å²) in [6.07, 6.45) is 7.88. The molecule has 1 atom stereocenters. The maximum absolute atomic E-state index is 5.60. The zero-order valence-electron chi connectivity index (χ0n) is 6.90. The average Bonchev–Trinajstić information content (AvgIpc) is 2.52. The molecular weight excluding hydrogens is 138 g/mol. The molecule has 0 aliphatic rings. The van der Waals surface area contributed by atoms with Gasteiger partial charge >= 0.3 is 0 Å². The molecule has 0 fully saturated rings. The number of rotatable bonds is 4. The van der Waals surface area contributed by atoms with Crippen molar-refractivity contribution in [2.45, 2.75) is 25.8 Å². The van der Waals surface area contributed by atoms with E-state index in [9.17, 15) is 0 Å². The molecule has 2 N–H and O–H groups in total. The normalized spacial score (nSPS) is 13.3. The Labute approximate surface area is 67.2 Å². The molecule has 0 radical (unpaired) electrons. The minimum Gasteiger partial charge on any atom is -0.333 e. The van der Waals surface area contributed by atoms with Gasteiger partial charge in [-0.2, -0.15) is 0 Å². The Morgan fingerprint density at radius 2 is 2.45 bits per heavy atom. The Hall–Kier alpha value is -0.830. The standard InChI is InChI=1S/C8H15N3/c1-2-3-8(6-9)11-5-4-10-7-11/h4-5,7-8H,2-3,6,9H2,1H3. The van der Waals surface area contributed by atoms with Crippen molar-refractivity contribution in [1.82, 2.24) is 9.55 Å². The van der Waals surface area contributed by atoms with E-state index >= 15 is 0 Å². The van der Waals surface area contributed by atoms with Crippen molar-refractivity contribution < 1.29 is 0 Å². The van der Waals surface area contributed by atoms with Gasteiger partial charge in [0.25, 0.3) is 0 Å².